The lowest BCUT2D eigenvalue weighted by atomic mass is 9.56. The van der Waals surface area contributed by atoms with Gasteiger partial charge >= 0.3 is 0 Å². The van der Waals surface area contributed by atoms with Crippen LogP contribution in [-0.4, -0.2) is 22.7 Å². The number of amides is 1. The number of aromatic nitrogens is 1. The van der Waals surface area contributed by atoms with Crippen molar-refractivity contribution in [1.82, 2.24) is 10.3 Å². The quantitative estimate of drug-likeness (QED) is 0.826. The Bertz CT molecular complexity index is 950. The van der Waals surface area contributed by atoms with Gasteiger partial charge in [-0.1, -0.05) is 50.1 Å². The molecule has 0 aliphatic heterocycles. The number of hydrogen-bond acceptors (Lipinski definition) is 3. The van der Waals surface area contributed by atoms with Gasteiger partial charge in [-0.2, -0.15) is 0 Å². The van der Waals surface area contributed by atoms with Crippen molar-refractivity contribution in [2.75, 3.05) is 0 Å². The van der Waals surface area contributed by atoms with Crippen molar-refractivity contribution in [2.24, 2.45) is 5.92 Å². The summed E-state index contributed by atoms with van der Waals surface area (Å²) in [6.45, 7) is 4.03. The van der Waals surface area contributed by atoms with E-state index in [0.717, 1.165) is 48.8 Å². The maximum absolute atomic E-state index is 13.6. The molecule has 1 saturated carbocycles. The van der Waals surface area contributed by atoms with Crippen LogP contribution in [0, 0.1) is 5.92 Å². The number of ketones is 1. The summed E-state index contributed by atoms with van der Waals surface area (Å²) >= 11 is 0. The first kappa shape index (κ1) is 19.6. The molecule has 1 N–H and O–H groups in total. The summed E-state index contributed by atoms with van der Waals surface area (Å²) in [5, 5.41) is 3.23. The Balaban J connectivity index is 1.74. The summed E-state index contributed by atoms with van der Waals surface area (Å²) in [5.41, 5.74) is 2.89. The normalized spacial score (nSPS) is 26.4. The van der Waals surface area contributed by atoms with Gasteiger partial charge in [-0.25, -0.2) is 0 Å². The van der Waals surface area contributed by atoms with Crippen molar-refractivity contribution in [3.63, 3.8) is 0 Å². The van der Waals surface area contributed by atoms with Crippen molar-refractivity contribution in [1.29, 1.82) is 0 Å². The summed E-state index contributed by atoms with van der Waals surface area (Å²) in [5.74, 6) is 0.131. The first-order valence-electron chi connectivity index (χ1n) is 10.6. The Hall–Kier alpha value is -2.75. The molecule has 4 nitrogen and oxygen atoms in total. The highest BCUT2D eigenvalue weighted by atomic mass is 16.2. The van der Waals surface area contributed by atoms with Gasteiger partial charge in [0.1, 0.15) is 5.69 Å². The first-order valence-corrected chi connectivity index (χ1v) is 10.6. The molecular weight excluding hydrogens is 360 g/mol. The number of benzene rings is 1. The van der Waals surface area contributed by atoms with Crippen LogP contribution in [0.2, 0.25) is 0 Å². The molecule has 0 bridgehead atoms. The SMILES string of the molecule is CC[C@]1([C@H]2CCCC[C@H]2NC(=O)c2ccccn2)C(=O)C(C)=Cc2ccccc21. The number of rotatable bonds is 4. The number of nitrogens with zero attached hydrogens (tertiary/aromatic N) is 1. The second-order valence-corrected chi connectivity index (χ2v) is 8.25. The Labute approximate surface area is 172 Å². The number of nitrogens with one attached hydrogen (secondary N) is 1. The fourth-order valence-electron chi connectivity index (χ4n) is 5.42. The van der Waals surface area contributed by atoms with Crippen molar-refractivity contribution in [3.05, 3.63) is 71.1 Å². The summed E-state index contributed by atoms with van der Waals surface area (Å²) in [4.78, 5) is 30.7. The predicted octanol–water partition coefficient (Wildman–Crippen LogP) is 4.70. The lowest BCUT2D eigenvalue weighted by Gasteiger charge is -2.47. The Morgan fingerprint density at radius 1 is 1.14 bits per heavy atom. The topological polar surface area (TPSA) is 59.1 Å². The summed E-state index contributed by atoms with van der Waals surface area (Å²) in [7, 11) is 0. The minimum absolute atomic E-state index is 0.0406. The van der Waals surface area contributed by atoms with Gasteiger partial charge in [0.15, 0.2) is 5.78 Å². The predicted molar refractivity (Wildman–Crippen MR) is 115 cm³/mol. The molecule has 1 heterocycles. The highest BCUT2D eigenvalue weighted by Crippen LogP contribution is 2.49. The lowest BCUT2D eigenvalue weighted by molar-refractivity contribution is -0.124. The maximum Gasteiger partial charge on any atom is 0.270 e. The third-order valence-corrected chi connectivity index (χ3v) is 6.75. The van der Waals surface area contributed by atoms with Crippen LogP contribution >= 0.6 is 0 Å². The number of hydrogen-bond donors (Lipinski definition) is 1. The number of Topliss-reactive ketones (excluding diaryl/α,β-unsaturated/α-hetero) is 1. The minimum atomic E-state index is -0.585. The zero-order valence-electron chi connectivity index (χ0n) is 17.2. The molecule has 2 aromatic rings. The number of carbonyl (C=O) groups is 2. The van der Waals surface area contributed by atoms with E-state index in [4.69, 9.17) is 0 Å². The van der Waals surface area contributed by atoms with Gasteiger partial charge in [0.25, 0.3) is 5.91 Å². The Kier molecular flexibility index (Phi) is 5.35. The van der Waals surface area contributed by atoms with E-state index in [1.807, 2.05) is 31.2 Å². The third-order valence-electron chi connectivity index (χ3n) is 6.75. The standard InChI is InChI=1S/C25H28N2O2/c1-3-25(19-11-5-4-10-18(19)16-17(2)23(25)28)20-12-6-7-13-21(20)27-24(29)22-14-8-9-15-26-22/h4-5,8-11,14-16,20-21H,3,6-7,12-13H2,1-2H3,(H,27,29)/t20-,21+,25-/m0/s1. The van der Waals surface area contributed by atoms with E-state index in [1.54, 1.807) is 18.3 Å². The molecule has 3 atom stereocenters. The average Bonchev–Trinajstić information content (AvgIpc) is 2.76. The van der Waals surface area contributed by atoms with Crippen LogP contribution < -0.4 is 5.32 Å². The molecule has 1 aromatic carbocycles. The van der Waals surface area contributed by atoms with Crippen molar-refractivity contribution in [3.8, 4) is 0 Å². The Morgan fingerprint density at radius 3 is 2.66 bits per heavy atom. The number of carbonyl (C=O) groups excluding carboxylic acids is 2. The molecule has 29 heavy (non-hydrogen) atoms. The fourth-order valence-corrected chi connectivity index (χ4v) is 5.42. The summed E-state index contributed by atoms with van der Waals surface area (Å²) in [6.07, 6.45) is 8.35. The van der Waals surface area contributed by atoms with Crippen molar-refractivity contribution >= 4 is 17.8 Å². The second kappa shape index (κ2) is 7.94. The first-order chi connectivity index (χ1) is 14.1. The van der Waals surface area contributed by atoms with Crippen molar-refractivity contribution < 1.29 is 9.59 Å². The largest absolute Gasteiger partial charge is 0.348 e. The molecule has 0 saturated heterocycles. The maximum atomic E-state index is 13.6. The zero-order chi connectivity index (χ0) is 20.4. The molecule has 4 rings (SSSR count). The van der Waals surface area contributed by atoms with Gasteiger partial charge in [0, 0.05) is 12.2 Å². The van der Waals surface area contributed by atoms with Gasteiger partial charge in [-0.15, -0.1) is 0 Å². The molecule has 1 fully saturated rings. The molecule has 2 aliphatic carbocycles. The smallest absolute Gasteiger partial charge is 0.270 e. The van der Waals surface area contributed by atoms with Crippen LogP contribution in [0.4, 0.5) is 0 Å². The molecule has 0 unspecified atom stereocenters. The number of fused-ring (bicyclic) bond motifs is 1. The second-order valence-electron chi connectivity index (χ2n) is 8.25. The van der Waals surface area contributed by atoms with Crippen LogP contribution in [0.1, 0.15) is 67.6 Å². The van der Waals surface area contributed by atoms with E-state index >= 15 is 0 Å². The van der Waals surface area contributed by atoms with E-state index in [1.165, 1.54) is 0 Å². The van der Waals surface area contributed by atoms with Gasteiger partial charge in [0.2, 0.25) is 0 Å². The van der Waals surface area contributed by atoms with E-state index < -0.39 is 5.41 Å². The summed E-state index contributed by atoms with van der Waals surface area (Å²) in [6, 6.07) is 13.6. The molecule has 1 aromatic heterocycles. The molecule has 150 valence electrons. The minimum Gasteiger partial charge on any atom is -0.348 e. The number of allylic oxidation sites excluding steroid dienone is 1. The fraction of sp³-hybridized carbons (Fsp3) is 0.400. The van der Waals surface area contributed by atoms with Gasteiger partial charge < -0.3 is 5.32 Å². The van der Waals surface area contributed by atoms with Crippen LogP contribution in [0.15, 0.2) is 54.2 Å². The Morgan fingerprint density at radius 2 is 1.90 bits per heavy atom. The third kappa shape index (κ3) is 3.31. The highest BCUT2D eigenvalue weighted by Gasteiger charge is 2.51. The van der Waals surface area contributed by atoms with Crippen LogP contribution in [0.5, 0.6) is 0 Å². The van der Waals surface area contributed by atoms with Crippen LogP contribution in [0.3, 0.4) is 0 Å². The van der Waals surface area contributed by atoms with Crippen LogP contribution in [0.25, 0.3) is 6.08 Å². The zero-order valence-corrected chi connectivity index (χ0v) is 17.2. The molecule has 0 spiro atoms. The highest BCUT2D eigenvalue weighted by molar-refractivity contribution is 6.09. The van der Waals surface area contributed by atoms with Gasteiger partial charge in [-0.3, -0.25) is 14.6 Å². The van der Waals surface area contributed by atoms with Gasteiger partial charge in [-0.05, 0) is 67.0 Å². The van der Waals surface area contributed by atoms with E-state index in [9.17, 15) is 9.59 Å². The van der Waals surface area contributed by atoms with E-state index in [2.05, 4.69) is 29.4 Å². The van der Waals surface area contributed by atoms with Crippen molar-refractivity contribution in [2.45, 2.75) is 57.4 Å². The molecule has 1 amide bonds. The molecular formula is C25H28N2O2. The monoisotopic (exact) mass is 388 g/mol. The lowest BCUT2D eigenvalue weighted by Crippen LogP contribution is -2.55. The summed E-state index contributed by atoms with van der Waals surface area (Å²) < 4.78 is 0. The van der Waals surface area contributed by atoms with Crippen LogP contribution in [-0.2, 0) is 10.2 Å². The average molecular weight is 389 g/mol. The molecule has 4 heteroatoms. The van der Waals surface area contributed by atoms with E-state index in [0.29, 0.717) is 5.69 Å². The molecule has 2 aliphatic rings. The van der Waals surface area contributed by atoms with E-state index in [-0.39, 0.29) is 23.7 Å². The van der Waals surface area contributed by atoms with Gasteiger partial charge in [0.05, 0.1) is 5.41 Å². The number of pyridine rings is 1. The molecule has 0 radical (unpaired) electrons.